The molecule has 14 heavy (non-hydrogen) atoms. The minimum atomic E-state index is -1.06. The number of hydrogen-bond acceptors (Lipinski definition) is 2. The van der Waals surface area contributed by atoms with E-state index in [2.05, 4.69) is 0 Å². The van der Waals surface area contributed by atoms with Crippen LogP contribution in [0.25, 0.3) is 0 Å². The average molecular weight is 198 g/mol. The quantitative estimate of drug-likeness (QED) is 0.805. The zero-order chi connectivity index (χ0) is 10.7. The molecule has 0 unspecified atom stereocenters. The van der Waals surface area contributed by atoms with Gasteiger partial charge >= 0.3 is 5.97 Å². The minimum absolute atomic E-state index is 0.139. The van der Waals surface area contributed by atoms with Crippen molar-refractivity contribution < 1.29 is 19.0 Å². The fourth-order valence-corrected chi connectivity index (χ4v) is 1.21. The van der Waals surface area contributed by atoms with E-state index in [4.69, 9.17) is 9.84 Å². The topological polar surface area (TPSA) is 46.5 Å². The highest BCUT2D eigenvalue weighted by atomic mass is 19.1. The van der Waals surface area contributed by atoms with Gasteiger partial charge in [-0.2, -0.15) is 0 Å². The Kier molecular flexibility index (Phi) is 3.06. The molecule has 3 nitrogen and oxygen atoms in total. The summed E-state index contributed by atoms with van der Waals surface area (Å²) < 4.78 is 18.2. The van der Waals surface area contributed by atoms with Gasteiger partial charge in [-0.25, -0.2) is 4.39 Å². The van der Waals surface area contributed by atoms with Gasteiger partial charge in [-0.15, -0.1) is 0 Å². The Labute approximate surface area is 81.1 Å². The Hall–Kier alpha value is -1.58. The largest absolute Gasteiger partial charge is 0.496 e. The van der Waals surface area contributed by atoms with E-state index < -0.39 is 11.8 Å². The Bertz CT molecular complexity index is 361. The Morgan fingerprint density at radius 1 is 1.57 bits per heavy atom. The Balaban J connectivity index is 3.10. The fraction of sp³-hybridized carbons (Fsp3) is 0.300. The summed E-state index contributed by atoms with van der Waals surface area (Å²) in [4.78, 5) is 10.4. The van der Waals surface area contributed by atoms with Gasteiger partial charge in [0.05, 0.1) is 13.5 Å². The lowest BCUT2D eigenvalue weighted by atomic mass is 10.1. The summed E-state index contributed by atoms with van der Waals surface area (Å²) in [5.74, 6) is -1.07. The lowest BCUT2D eigenvalue weighted by Crippen LogP contribution is -2.03. The van der Waals surface area contributed by atoms with Crippen molar-refractivity contribution in [1.82, 2.24) is 0 Å². The molecule has 0 spiro atoms. The van der Waals surface area contributed by atoms with Gasteiger partial charge in [0.25, 0.3) is 0 Å². The van der Waals surface area contributed by atoms with Crippen molar-refractivity contribution in [2.45, 2.75) is 13.3 Å². The van der Waals surface area contributed by atoms with Gasteiger partial charge in [-0.05, 0) is 24.6 Å². The smallest absolute Gasteiger partial charge is 0.307 e. The molecule has 1 aromatic carbocycles. The van der Waals surface area contributed by atoms with E-state index in [1.165, 1.54) is 19.2 Å². The van der Waals surface area contributed by atoms with E-state index in [1.54, 1.807) is 6.92 Å². The maximum Gasteiger partial charge on any atom is 0.307 e. The lowest BCUT2D eigenvalue weighted by Gasteiger charge is -2.07. The molecule has 4 heteroatoms. The number of carboxylic acid groups (broad SMARTS) is 1. The summed E-state index contributed by atoms with van der Waals surface area (Å²) in [6.45, 7) is 1.70. The standard InChI is InChI=1S/C10H11FO3/c1-6-3-8(11)7(5-10(12)13)4-9(6)14-2/h3-4H,5H2,1-2H3,(H,12,13). The van der Waals surface area contributed by atoms with Crippen LogP contribution >= 0.6 is 0 Å². The maximum atomic E-state index is 13.2. The molecule has 0 atom stereocenters. The number of carboxylic acids is 1. The monoisotopic (exact) mass is 198 g/mol. The molecule has 0 saturated heterocycles. The predicted molar refractivity (Wildman–Crippen MR) is 49.0 cm³/mol. The van der Waals surface area contributed by atoms with Crippen molar-refractivity contribution in [3.05, 3.63) is 29.1 Å². The van der Waals surface area contributed by atoms with Crippen LogP contribution in [-0.4, -0.2) is 18.2 Å². The summed E-state index contributed by atoms with van der Waals surface area (Å²) in [6, 6.07) is 2.69. The average Bonchev–Trinajstić information content (AvgIpc) is 2.09. The summed E-state index contributed by atoms with van der Waals surface area (Å²) in [7, 11) is 1.46. The summed E-state index contributed by atoms with van der Waals surface area (Å²) in [5, 5.41) is 8.52. The van der Waals surface area contributed by atoms with Crippen LogP contribution in [0.2, 0.25) is 0 Å². The van der Waals surface area contributed by atoms with Crippen molar-refractivity contribution >= 4 is 5.97 Å². The normalized spacial score (nSPS) is 9.93. The molecule has 1 N–H and O–H groups in total. The number of aliphatic carboxylic acids is 1. The van der Waals surface area contributed by atoms with Crippen LogP contribution in [0.15, 0.2) is 12.1 Å². The summed E-state index contributed by atoms with van der Waals surface area (Å²) in [5.41, 5.74) is 0.791. The Morgan fingerprint density at radius 3 is 2.71 bits per heavy atom. The van der Waals surface area contributed by atoms with Gasteiger partial charge in [0, 0.05) is 5.56 Å². The van der Waals surface area contributed by atoms with Crippen molar-refractivity contribution in [2.24, 2.45) is 0 Å². The highest BCUT2D eigenvalue weighted by molar-refractivity contribution is 5.70. The minimum Gasteiger partial charge on any atom is -0.496 e. The number of aryl methyl sites for hydroxylation is 1. The van der Waals surface area contributed by atoms with Gasteiger partial charge in [0.2, 0.25) is 0 Å². The second kappa shape index (κ2) is 4.09. The first kappa shape index (κ1) is 10.5. The third kappa shape index (κ3) is 2.22. The number of benzene rings is 1. The SMILES string of the molecule is COc1cc(CC(=O)O)c(F)cc1C. The lowest BCUT2D eigenvalue weighted by molar-refractivity contribution is -0.136. The van der Waals surface area contributed by atoms with Gasteiger partial charge in [-0.1, -0.05) is 0 Å². The molecular weight excluding hydrogens is 187 g/mol. The van der Waals surface area contributed by atoms with E-state index in [0.29, 0.717) is 11.3 Å². The summed E-state index contributed by atoms with van der Waals surface area (Å²) in [6.07, 6.45) is -0.331. The van der Waals surface area contributed by atoms with E-state index in [9.17, 15) is 9.18 Å². The van der Waals surface area contributed by atoms with Crippen molar-refractivity contribution in [1.29, 1.82) is 0 Å². The van der Waals surface area contributed by atoms with Crippen molar-refractivity contribution in [3.8, 4) is 5.75 Å². The van der Waals surface area contributed by atoms with Crippen LogP contribution in [0.5, 0.6) is 5.75 Å². The molecule has 76 valence electrons. The molecule has 0 bridgehead atoms. The second-order valence-corrected chi connectivity index (χ2v) is 2.98. The Morgan fingerprint density at radius 2 is 2.21 bits per heavy atom. The third-order valence-corrected chi connectivity index (χ3v) is 1.91. The zero-order valence-corrected chi connectivity index (χ0v) is 8.00. The molecule has 0 saturated carbocycles. The molecule has 1 rings (SSSR count). The summed E-state index contributed by atoms with van der Waals surface area (Å²) >= 11 is 0. The second-order valence-electron chi connectivity index (χ2n) is 2.98. The van der Waals surface area contributed by atoms with E-state index in [1.807, 2.05) is 0 Å². The van der Waals surface area contributed by atoms with Gasteiger partial charge < -0.3 is 9.84 Å². The van der Waals surface area contributed by atoms with E-state index in [-0.39, 0.29) is 12.0 Å². The first-order valence-corrected chi connectivity index (χ1v) is 4.09. The first-order valence-electron chi connectivity index (χ1n) is 4.09. The van der Waals surface area contributed by atoms with E-state index >= 15 is 0 Å². The third-order valence-electron chi connectivity index (χ3n) is 1.91. The van der Waals surface area contributed by atoms with Crippen molar-refractivity contribution in [3.63, 3.8) is 0 Å². The number of carbonyl (C=O) groups is 1. The van der Waals surface area contributed by atoms with Crippen LogP contribution in [0.3, 0.4) is 0 Å². The number of halogens is 1. The molecule has 0 aliphatic carbocycles. The maximum absolute atomic E-state index is 13.2. The molecule has 0 radical (unpaired) electrons. The zero-order valence-electron chi connectivity index (χ0n) is 8.00. The van der Waals surface area contributed by atoms with Crippen molar-refractivity contribution in [2.75, 3.05) is 7.11 Å². The number of ether oxygens (including phenoxy) is 1. The van der Waals surface area contributed by atoms with Gasteiger partial charge in [0.1, 0.15) is 11.6 Å². The molecule has 1 aromatic rings. The highest BCUT2D eigenvalue weighted by Crippen LogP contribution is 2.22. The van der Waals surface area contributed by atoms with E-state index in [0.717, 1.165) is 0 Å². The molecule has 0 aromatic heterocycles. The number of methoxy groups -OCH3 is 1. The van der Waals surface area contributed by atoms with Crippen LogP contribution in [-0.2, 0) is 11.2 Å². The molecule has 0 amide bonds. The van der Waals surface area contributed by atoms with Crippen LogP contribution in [0.4, 0.5) is 4.39 Å². The molecule has 0 aliphatic rings. The molecule has 0 aliphatic heterocycles. The fourth-order valence-electron chi connectivity index (χ4n) is 1.21. The molecular formula is C10H11FO3. The molecule has 0 heterocycles. The predicted octanol–water partition coefficient (Wildman–Crippen LogP) is 1.77. The number of hydrogen-bond donors (Lipinski definition) is 1. The highest BCUT2D eigenvalue weighted by Gasteiger charge is 2.10. The van der Waals surface area contributed by atoms with Gasteiger partial charge in [-0.3, -0.25) is 4.79 Å². The molecule has 0 fully saturated rings. The van der Waals surface area contributed by atoms with Crippen LogP contribution in [0, 0.1) is 12.7 Å². The number of rotatable bonds is 3. The first-order chi connectivity index (χ1) is 6.54. The van der Waals surface area contributed by atoms with Crippen LogP contribution in [0.1, 0.15) is 11.1 Å². The van der Waals surface area contributed by atoms with Gasteiger partial charge in [0.15, 0.2) is 0 Å². The van der Waals surface area contributed by atoms with Crippen LogP contribution < -0.4 is 4.74 Å².